The summed E-state index contributed by atoms with van der Waals surface area (Å²) in [5.74, 6) is 1.60. The third-order valence-electron chi connectivity index (χ3n) is 6.11. The van der Waals surface area contributed by atoms with Crippen LogP contribution < -0.4 is 15.5 Å². The van der Waals surface area contributed by atoms with Gasteiger partial charge in [0, 0.05) is 58.3 Å². The fraction of sp³-hybridized carbons (Fsp3) is 0.375. The van der Waals surface area contributed by atoms with Crippen LogP contribution in [0.3, 0.4) is 0 Å². The first-order valence-electron chi connectivity index (χ1n) is 11.3. The Morgan fingerprint density at radius 3 is 2.64 bits per heavy atom. The highest BCUT2D eigenvalue weighted by molar-refractivity contribution is 6.06. The number of nitrogens with one attached hydrogen (secondary N) is 2. The first kappa shape index (κ1) is 21.4. The lowest BCUT2D eigenvalue weighted by Gasteiger charge is -2.34. The molecule has 9 heteroatoms. The average molecular weight is 449 g/mol. The highest BCUT2D eigenvalue weighted by Gasteiger charge is 2.22. The molecule has 0 atom stereocenters. The van der Waals surface area contributed by atoms with E-state index in [4.69, 9.17) is 9.72 Å². The fourth-order valence-corrected chi connectivity index (χ4v) is 4.48. The van der Waals surface area contributed by atoms with Crippen LogP contribution in [0.2, 0.25) is 0 Å². The molecule has 0 saturated carbocycles. The van der Waals surface area contributed by atoms with Crippen LogP contribution in [0.1, 0.15) is 17.3 Å². The van der Waals surface area contributed by atoms with Crippen molar-refractivity contribution in [3.05, 3.63) is 48.0 Å². The van der Waals surface area contributed by atoms with E-state index in [9.17, 15) is 9.59 Å². The predicted octanol–water partition coefficient (Wildman–Crippen LogP) is 1.49. The number of piperazine rings is 1. The van der Waals surface area contributed by atoms with Crippen LogP contribution >= 0.6 is 0 Å². The van der Waals surface area contributed by atoms with Crippen molar-refractivity contribution >= 4 is 22.8 Å². The van der Waals surface area contributed by atoms with Gasteiger partial charge in [-0.15, -0.1) is 0 Å². The molecule has 0 bridgehead atoms. The zero-order valence-electron chi connectivity index (χ0n) is 18.7. The van der Waals surface area contributed by atoms with Crippen LogP contribution in [-0.4, -0.2) is 77.1 Å². The molecule has 2 aromatic carbocycles. The molecule has 2 N–H and O–H groups in total. The molecule has 2 amide bonds. The highest BCUT2D eigenvalue weighted by atomic mass is 16.5. The molecule has 33 heavy (non-hydrogen) atoms. The number of carbonyl (C=O) groups excluding carboxylic acids is 2. The van der Waals surface area contributed by atoms with Gasteiger partial charge < -0.3 is 14.6 Å². The van der Waals surface area contributed by atoms with E-state index in [1.165, 1.54) is 6.92 Å². The van der Waals surface area contributed by atoms with Crippen molar-refractivity contribution < 1.29 is 14.3 Å². The van der Waals surface area contributed by atoms with Crippen LogP contribution in [0.5, 0.6) is 5.75 Å². The number of para-hydroxylation sites is 1. The van der Waals surface area contributed by atoms with Crippen molar-refractivity contribution in [3.8, 4) is 17.1 Å². The first-order chi connectivity index (χ1) is 16.1. The molecule has 1 saturated heterocycles. The van der Waals surface area contributed by atoms with E-state index in [0.29, 0.717) is 25.3 Å². The molecule has 0 radical (unpaired) electrons. The fourth-order valence-electron chi connectivity index (χ4n) is 4.48. The van der Waals surface area contributed by atoms with E-state index in [2.05, 4.69) is 20.2 Å². The number of hydrazine groups is 1. The smallest absolute Gasteiger partial charge is 0.253 e. The second-order valence-corrected chi connectivity index (χ2v) is 8.39. The Hall–Kier alpha value is -3.43. The van der Waals surface area contributed by atoms with Gasteiger partial charge >= 0.3 is 0 Å². The van der Waals surface area contributed by atoms with Crippen LogP contribution in [0.15, 0.2) is 42.5 Å². The molecule has 1 aromatic heterocycles. The van der Waals surface area contributed by atoms with Crippen molar-refractivity contribution in [2.45, 2.75) is 13.5 Å². The number of imidazole rings is 1. The molecule has 1 fully saturated rings. The average Bonchev–Trinajstić information content (AvgIpc) is 3.10. The maximum Gasteiger partial charge on any atom is 0.253 e. The Balaban J connectivity index is 1.22. The van der Waals surface area contributed by atoms with Crippen LogP contribution in [0, 0.1) is 0 Å². The van der Waals surface area contributed by atoms with E-state index < -0.39 is 0 Å². The maximum atomic E-state index is 12.4. The zero-order chi connectivity index (χ0) is 22.8. The number of benzene rings is 2. The number of ether oxygens (including phenoxy) is 1. The first-order valence-corrected chi connectivity index (χ1v) is 11.3. The SMILES string of the molecule is CC(=O)NN1CCN(CCOc2ccc(-c3nc4cccc5c4n3CCNC5=O)cc2)CC1. The Bertz CT molecular complexity index is 1160. The number of nitrogens with zero attached hydrogens (tertiary/aromatic N) is 4. The molecule has 0 aliphatic carbocycles. The summed E-state index contributed by atoms with van der Waals surface area (Å²) >= 11 is 0. The van der Waals surface area contributed by atoms with Crippen molar-refractivity contribution in [2.75, 3.05) is 45.9 Å². The largest absolute Gasteiger partial charge is 0.492 e. The molecule has 2 aliphatic rings. The summed E-state index contributed by atoms with van der Waals surface area (Å²) in [6, 6.07) is 13.7. The lowest BCUT2D eigenvalue weighted by Crippen LogP contribution is -2.53. The Labute approximate surface area is 192 Å². The van der Waals surface area contributed by atoms with Gasteiger partial charge in [0.1, 0.15) is 18.2 Å². The van der Waals surface area contributed by atoms with Gasteiger partial charge in [0.2, 0.25) is 5.91 Å². The van der Waals surface area contributed by atoms with Gasteiger partial charge in [-0.2, -0.15) is 0 Å². The predicted molar refractivity (Wildman–Crippen MR) is 125 cm³/mol. The zero-order valence-corrected chi connectivity index (χ0v) is 18.7. The van der Waals surface area contributed by atoms with Gasteiger partial charge in [0.25, 0.3) is 5.91 Å². The summed E-state index contributed by atoms with van der Waals surface area (Å²) in [5.41, 5.74) is 6.23. The standard InChI is InChI=1S/C24H28N6O3/c1-17(31)27-29-13-11-28(12-14-29)15-16-33-19-7-5-18(6-8-19)23-26-21-4-2-3-20-22(21)30(23)10-9-25-24(20)32/h2-8H,9-16H2,1H3,(H,25,32)(H,27,31). The van der Waals surface area contributed by atoms with Gasteiger partial charge in [-0.25, -0.2) is 9.99 Å². The van der Waals surface area contributed by atoms with Gasteiger partial charge in [0.05, 0.1) is 16.6 Å². The summed E-state index contributed by atoms with van der Waals surface area (Å²) in [7, 11) is 0. The highest BCUT2D eigenvalue weighted by Crippen LogP contribution is 2.29. The van der Waals surface area contributed by atoms with E-state index in [0.717, 1.165) is 60.9 Å². The molecule has 172 valence electrons. The molecule has 3 aromatic rings. The van der Waals surface area contributed by atoms with Crippen LogP contribution in [-0.2, 0) is 11.3 Å². The van der Waals surface area contributed by atoms with Gasteiger partial charge in [0.15, 0.2) is 0 Å². The lowest BCUT2D eigenvalue weighted by atomic mass is 10.1. The third kappa shape index (κ3) is 4.55. The Morgan fingerprint density at radius 2 is 1.88 bits per heavy atom. The summed E-state index contributed by atoms with van der Waals surface area (Å²) in [6.45, 7) is 7.68. The van der Waals surface area contributed by atoms with E-state index in [-0.39, 0.29) is 11.8 Å². The van der Waals surface area contributed by atoms with Crippen molar-refractivity contribution in [1.82, 2.24) is 30.2 Å². The quantitative estimate of drug-likeness (QED) is 0.594. The molecule has 0 unspecified atom stereocenters. The summed E-state index contributed by atoms with van der Waals surface area (Å²) in [4.78, 5) is 30.7. The number of rotatable bonds is 6. The second-order valence-electron chi connectivity index (χ2n) is 8.39. The number of hydrogen-bond acceptors (Lipinski definition) is 6. The summed E-state index contributed by atoms with van der Waals surface area (Å²) in [5, 5.41) is 4.91. The topological polar surface area (TPSA) is 91.7 Å². The van der Waals surface area contributed by atoms with Crippen molar-refractivity contribution in [1.29, 1.82) is 0 Å². The molecule has 9 nitrogen and oxygen atoms in total. The Morgan fingerprint density at radius 1 is 1.09 bits per heavy atom. The summed E-state index contributed by atoms with van der Waals surface area (Å²) in [6.07, 6.45) is 0. The normalized spacial score (nSPS) is 16.9. The molecule has 0 spiro atoms. The molecule has 3 heterocycles. The van der Waals surface area contributed by atoms with E-state index in [1.54, 1.807) is 0 Å². The molecule has 2 aliphatic heterocycles. The van der Waals surface area contributed by atoms with Crippen LogP contribution in [0.25, 0.3) is 22.4 Å². The van der Waals surface area contributed by atoms with Gasteiger partial charge in [-0.3, -0.25) is 19.9 Å². The molecular weight excluding hydrogens is 420 g/mol. The van der Waals surface area contributed by atoms with E-state index >= 15 is 0 Å². The second kappa shape index (κ2) is 9.21. The minimum Gasteiger partial charge on any atom is -0.492 e. The minimum absolute atomic E-state index is 0.0240. The number of aromatic nitrogens is 2. The lowest BCUT2D eigenvalue weighted by molar-refractivity contribution is -0.124. The molecule has 5 rings (SSSR count). The number of hydrogen-bond donors (Lipinski definition) is 2. The Kier molecular flexibility index (Phi) is 5.97. The third-order valence-corrected chi connectivity index (χ3v) is 6.11. The minimum atomic E-state index is -0.0499. The maximum absolute atomic E-state index is 12.4. The van der Waals surface area contributed by atoms with Gasteiger partial charge in [-0.1, -0.05) is 6.07 Å². The van der Waals surface area contributed by atoms with Crippen molar-refractivity contribution in [3.63, 3.8) is 0 Å². The number of amides is 2. The van der Waals surface area contributed by atoms with Crippen LogP contribution in [0.4, 0.5) is 0 Å². The van der Waals surface area contributed by atoms with E-state index in [1.807, 2.05) is 47.5 Å². The molecular formula is C24H28N6O3. The van der Waals surface area contributed by atoms with Crippen molar-refractivity contribution in [2.24, 2.45) is 0 Å². The monoisotopic (exact) mass is 448 g/mol. The summed E-state index contributed by atoms with van der Waals surface area (Å²) < 4.78 is 8.09. The van der Waals surface area contributed by atoms with Gasteiger partial charge in [-0.05, 0) is 36.4 Å². The number of carbonyl (C=O) groups is 2.